The zero-order chi connectivity index (χ0) is 15.5. The van der Waals surface area contributed by atoms with Crippen LogP contribution in [0.1, 0.15) is 33.6 Å². The second-order valence-corrected chi connectivity index (χ2v) is 6.40. The highest BCUT2D eigenvalue weighted by Gasteiger charge is 2.19. The number of hydrogen-bond acceptors (Lipinski definition) is 4. The summed E-state index contributed by atoms with van der Waals surface area (Å²) in [5, 5.41) is 12.3. The summed E-state index contributed by atoms with van der Waals surface area (Å²) in [6.45, 7) is 7.17. The van der Waals surface area contributed by atoms with Crippen LogP contribution >= 0.6 is 0 Å². The Morgan fingerprint density at radius 1 is 1.33 bits per heavy atom. The van der Waals surface area contributed by atoms with Gasteiger partial charge in [-0.1, -0.05) is 6.07 Å². The molecule has 1 aromatic rings. The second kappa shape index (κ2) is 6.35. The minimum atomic E-state index is -0.509. The fourth-order valence-corrected chi connectivity index (χ4v) is 2.33. The number of benzene rings is 1. The van der Waals surface area contributed by atoms with E-state index in [2.05, 4.69) is 10.2 Å². The van der Waals surface area contributed by atoms with Crippen molar-refractivity contribution in [1.29, 1.82) is 0 Å². The third-order valence-corrected chi connectivity index (χ3v) is 3.32. The van der Waals surface area contributed by atoms with E-state index in [0.717, 1.165) is 31.6 Å². The van der Waals surface area contributed by atoms with Gasteiger partial charge in [0.15, 0.2) is 0 Å². The van der Waals surface area contributed by atoms with Crippen molar-refractivity contribution in [3.05, 3.63) is 24.3 Å². The molecule has 1 heterocycles. The van der Waals surface area contributed by atoms with Gasteiger partial charge in [-0.05, 0) is 51.8 Å². The molecule has 1 amide bonds. The Balaban J connectivity index is 1.99. The van der Waals surface area contributed by atoms with Crippen molar-refractivity contribution in [1.82, 2.24) is 0 Å². The maximum Gasteiger partial charge on any atom is 0.412 e. The molecule has 1 fully saturated rings. The van der Waals surface area contributed by atoms with Gasteiger partial charge in [-0.15, -0.1) is 0 Å². The van der Waals surface area contributed by atoms with Gasteiger partial charge >= 0.3 is 6.09 Å². The first-order valence-corrected chi connectivity index (χ1v) is 7.36. The lowest BCUT2D eigenvalue weighted by Crippen LogP contribution is -2.35. The number of aliphatic hydroxyl groups is 1. The number of carbonyl (C=O) groups is 1. The van der Waals surface area contributed by atoms with E-state index in [0.29, 0.717) is 5.69 Å². The van der Waals surface area contributed by atoms with E-state index < -0.39 is 11.7 Å². The molecular weight excluding hydrogens is 268 g/mol. The van der Waals surface area contributed by atoms with Crippen LogP contribution in [0.15, 0.2) is 24.3 Å². The molecule has 0 bridgehead atoms. The van der Waals surface area contributed by atoms with Crippen molar-refractivity contribution >= 4 is 17.5 Å². The zero-order valence-corrected chi connectivity index (χ0v) is 12.9. The van der Waals surface area contributed by atoms with Gasteiger partial charge in [0.1, 0.15) is 5.60 Å². The Kier molecular flexibility index (Phi) is 4.73. The summed E-state index contributed by atoms with van der Waals surface area (Å²) in [7, 11) is 0. The molecule has 116 valence electrons. The largest absolute Gasteiger partial charge is 0.444 e. The number of nitrogens with one attached hydrogen (secondary N) is 1. The smallest absolute Gasteiger partial charge is 0.412 e. The van der Waals surface area contributed by atoms with Crippen molar-refractivity contribution in [2.24, 2.45) is 0 Å². The molecule has 5 heteroatoms. The van der Waals surface area contributed by atoms with Crippen molar-refractivity contribution < 1.29 is 14.6 Å². The molecule has 1 aromatic carbocycles. The Bertz CT molecular complexity index is 489. The molecule has 1 aliphatic rings. The summed E-state index contributed by atoms with van der Waals surface area (Å²) in [5.41, 5.74) is 1.26. The molecule has 0 aromatic heterocycles. The number of piperidine rings is 1. The van der Waals surface area contributed by atoms with Gasteiger partial charge in [0.2, 0.25) is 0 Å². The van der Waals surface area contributed by atoms with Crippen LogP contribution < -0.4 is 10.2 Å². The van der Waals surface area contributed by atoms with E-state index in [9.17, 15) is 9.90 Å². The van der Waals surface area contributed by atoms with Gasteiger partial charge < -0.3 is 14.7 Å². The summed E-state index contributed by atoms with van der Waals surface area (Å²) in [6, 6.07) is 7.69. The van der Waals surface area contributed by atoms with Crippen LogP contribution in [0.5, 0.6) is 0 Å². The first kappa shape index (κ1) is 15.6. The molecule has 0 radical (unpaired) electrons. The highest BCUT2D eigenvalue weighted by atomic mass is 16.6. The van der Waals surface area contributed by atoms with Crippen molar-refractivity contribution in [2.75, 3.05) is 23.3 Å². The average molecular weight is 292 g/mol. The van der Waals surface area contributed by atoms with Crippen LogP contribution in [0.2, 0.25) is 0 Å². The molecule has 2 N–H and O–H groups in total. The van der Waals surface area contributed by atoms with Crippen LogP contribution in [-0.4, -0.2) is 36.0 Å². The van der Waals surface area contributed by atoms with E-state index in [-0.39, 0.29) is 6.10 Å². The normalized spacial score (nSPS) is 16.7. The Morgan fingerprint density at radius 3 is 2.62 bits per heavy atom. The van der Waals surface area contributed by atoms with Gasteiger partial charge in [0.05, 0.1) is 6.10 Å². The van der Waals surface area contributed by atoms with E-state index in [1.165, 1.54) is 0 Å². The first-order chi connectivity index (χ1) is 9.83. The predicted octanol–water partition coefficient (Wildman–Crippen LogP) is 2.99. The number of rotatable bonds is 2. The second-order valence-electron chi connectivity index (χ2n) is 6.40. The molecule has 0 aliphatic carbocycles. The first-order valence-electron chi connectivity index (χ1n) is 7.36. The Hall–Kier alpha value is -1.75. The quantitative estimate of drug-likeness (QED) is 0.879. The van der Waals surface area contributed by atoms with E-state index in [1.54, 1.807) is 0 Å². The average Bonchev–Trinajstić information content (AvgIpc) is 2.37. The van der Waals surface area contributed by atoms with Crippen LogP contribution in [-0.2, 0) is 4.74 Å². The van der Waals surface area contributed by atoms with Crippen LogP contribution in [0, 0.1) is 0 Å². The third kappa shape index (κ3) is 4.93. The number of nitrogens with zero attached hydrogens (tertiary/aromatic N) is 1. The molecule has 0 atom stereocenters. The number of anilines is 2. The van der Waals surface area contributed by atoms with Gasteiger partial charge in [-0.25, -0.2) is 4.79 Å². The predicted molar refractivity (Wildman–Crippen MR) is 83.8 cm³/mol. The van der Waals surface area contributed by atoms with Crippen molar-refractivity contribution in [3.63, 3.8) is 0 Å². The number of carbonyl (C=O) groups excluding carboxylic acids is 1. The third-order valence-electron chi connectivity index (χ3n) is 3.32. The molecule has 0 unspecified atom stereocenters. The fourth-order valence-electron chi connectivity index (χ4n) is 2.33. The summed E-state index contributed by atoms with van der Waals surface area (Å²) >= 11 is 0. The Labute approximate surface area is 125 Å². The molecule has 5 nitrogen and oxygen atoms in total. The molecular formula is C16H24N2O3. The zero-order valence-electron chi connectivity index (χ0n) is 12.9. The minimum absolute atomic E-state index is 0.190. The molecule has 21 heavy (non-hydrogen) atoms. The van der Waals surface area contributed by atoms with E-state index >= 15 is 0 Å². The van der Waals surface area contributed by atoms with Crippen molar-refractivity contribution in [3.8, 4) is 0 Å². The number of amides is 1. The van der Waals surface area contributed by atoms with Crippen LogP contribution in [0.4, 0.5) is 16.2 Å². The fraction of sp³-hybridized carbons (Fsp3) is 0.562. The Morgan fingerprint density at radius 2 is 2.00 bits per heavy atom. The monoisotopic (exact) mass is 292 g/mol. The lowest BCUT2D eigenvalue weighted by Gasteiger charge is -2.31. The number of hydrogen-bond donors (Lipinski definition) is 2. The highest BCUT2D eigenvalue weighted by Crippen LogP contribution is 2.23. The summed E-state index contributed by atoms with van der Waals surface area (Å²) in [6.07, 6.45) is 0.922. The van der Waals surface area contributed by atoms with Crippen LogP contribution in [0.25, 0.3) is 0 Å². The topological polar surface area (TPSA) is 61.8 Å². The molecule has 0 spiro atoms. The maximum absolute atomic E-state index is 11.8. The lowest BCUT2D eigenvalue weighted by molar-refractivity contribution is 0.0636. The van der Waals surface area contributed by atoms with Gasteiger partial charge in [-0.3, -0.25) is 5.32 Å². The standard InChI is InChI=1S/C16H24N2O3/c1-16(2,3)21-15(20)17-12-5-4-6-13(11-12)18-9-7-14(19)8-10-18/h4-6,11,14,19H,7-10H2,1-3H3,(H,17,20). The summed E-state index contributed by atoms with van der Waals surface area (Å²) in [4.78, 5) is 14.0. The van der Waals surface area contributed by atoms with Gasteiger partial charge in [0, 0.05) is 24.5 Å². The van der Waals surface area contributed by atoms with E-state index in [1.807, 2.05) is 45.0 Å². The van der Waals surface area contributed by atoms with Crippen LogP contribution in [0.3, 0.4) is 0 Å². The van der Waals surface area contributed by atoms with Gasteiger partial charge in [-0.2, -0.15) is 0 Å². The minimum Gasteiger partial charge on any atom is -0.444 e. The molecule has 2 rings (SSSR count). The number of ether oxygens (including phenoxy) is 1. The highest BCUT2D eigenvalue weighted by molar-refractivity contribution is 5.85. The summed E-state index contributed by atoms with van der Waals surface area (Å²) < 4.78 is 5.24. The molecule has 1 aliphatic heterocycles. The summed E-state index contributed by atoms with van der Waals surface area (Å²) in [5.74, 6) is 0. The lowest BCUT2D eigenvalue weighted by atomic mass is 10.1. The molecule has 0 saturated carbocycles. The van der Waals surface area contributed by atoms with Crippen molar-refractivity contribution in [2.45, 2.75) is 45.3 Å². The molecule has 1 saturated heterocycles. The van der Waals surface area contributed by atoms with Gasteiger partial charge in [0.25, 0.3) is 0 Å². The van der Waals surface area contributed by atoms with E-state index in [4.69, 9.17) is 4.74 Å². The SMILES string of the molecule is CC(C)(C)OC(=O)Nc1cccc(N2CCC(O)CC2)c1. The number of aliphatic hydroxyl groups excluding tert-OH is 1. The maximum atomic E-state index is 11.8.